The minimum atomic E-state index is -0.372. The molecule has 4 heteroatoms. The molecule has 0 N–H and O–H groups in total. The molecule has 0 bridgehead atoms. The average Bonchev–Trinajstić information content (AvgIpc) is 2.65. The predicted molar refractivity (Wildman–Crippen MR) is 64.0 cm³/mol. The largest absolute Gasteiger partial charge is 0.462 e. The van der Waals surface area contributed by atoms with Crippen molar-refractivity contribution in [1.82, 2.24) is 0 Å². The summed E-state index contributed by atoms with van der Waals surface area (Å²) in [6.45, 7) is 5.81. The first-order valence-corrected chi connectivity index (χ1v) is 5.82. The van der Waals surface area contributed by atoms with Crippen LogP contribution in [0.1, 0.15) is 40.1 Å². The lowest BCUT2D eigenvalue weighted by atomic mass is 10.2. The highest BCUT2D eigenvalue weighted by molar-refractivity contribution is 7.16. The summed E-state index contributed by atoms with van der Waals surface area (Å²) in [5, 5.41) is 0. The maximum absolute atomic E-state index is 11.6. The van der Waals surface area contributed by atoms with Gasteiger partial charge in [-0.15, -0.1) is 11.3 Å². The molecule has 86 valence electrons. The highest BCUT2D eigenvalue weighted by atomic mass is 32.1. The predicted octanol–water partition coefficient (Wildman–Crippen LogP) is 3.07. The van der Waals surface area contributed by atoms with Crippen molar-refractivity contribution in [2.24, 2.45) is 0 Å². The highest BCUT2D eigenvalue weighted by Gasteiger charge is 2.12. The van der Waals surface area contributed by atoms with Crippen LogP contribution in [0.15, 0.2) is 23.8 Å². The zero-order valence-corrected chi connectivity index (χ0v) is 10.4. The third kappa shape index (κ3) is 3.31. The van der Waals surface area contributed by atoms with Gasteiger partial charge in [-0.3, -0.25) is 4.79 Å². The molecule has 1 rings (SSSR count). The van der Waals surface area contributed by atoms with Crippen LogP contribution in [0.25, 0.3) is 0 Å². The van der Waals surface area contributed by atoms with E-state index in [0.29, 0.717) is 16.4 Å². The summed E-state index contributed by atoms with van der Waals surface area (Å²) in [5.41, 5.74) is 0.941. The second-order valence-corrected chi connectivity index (χ2v) is 4.55. The number of hydrogen-bond acceptors (Lipinski definition) is 4. The van der Waals surface area contributed by atoms with E-state index in [0.717, 1.165) is 16.9 Å². The minimum Gasteiger partial charge on any atom is -0.462 e. The van der Waals surface area contributed by atoms with Crippen molar-refractivity contribution < 1.29 is 14.3 Å². The minimum absolute atomic E-state index is 0.0689. The van der Waals surface area contributed by atoms with E-state index in [-0.39, 0.29) is 11.8 Å². The normalized spacial score (nSPS) is 9.69. The van der Waals surface area contributed by atoms with E-state index in [2.05, 4.69) is 0 Å². The van der Waals surface area contributed by atoms with Crippen LogP contribution in [0.4, 0.5) is 0 Å². The van der Waals surface area contributed by atoms with Gasteiger partial charge in [0.25, 0.3) is 0 Å². The van der Waals surface area contributed by atoms with Crippen LogP contribution < -0.4 is 0 Å². The van der Waals surface area contributed by atoms with Crippen molar-refractivity contribution in [1.29, 1.82) is 0 Å². The number of ketones is 1. The Labute approximate surface area is 98.7 Å². The number of carbonyl (C=O) groups is 2. The van der Waals surface area contributed by atoms with Crippen molar-refractivity contribution in [3.63, 3.8) is 0 Å². The van der Waals surface area contributed by atoms with Crippen LogP contribution in [0.5, 0.6) is 0 Å². The van der Waals surface area contributed by atoms with Crippen molar-refractivity contribution in [3.05, 3.63) is 33.5 Å². The molecule has 0 aliphatic heterocycles. The van der Waals surface area contributed by atoms with E-state index < -0.39 is 0 Å². The molecule has 0 spiro atoms. The molecule has 0 aliphatic carbocycles. The number of hydrogen-bond donors (Lipinski definition) is 0. The lowest BCUT2D eigenvalue weighted by Gasteiger charge is -1.96. The average molecular weight is 238 g/mol. The number of rotatable bonds is 4. The second-order valence-electron chi connectivity index (χ2n) is 3.47. The van der Waals surface area contributed by atoms with Gasteiger partial charge in [-0.2, -0.15) is 0 Å². The number of carbonyl (C=O) groups excluding carboxylic acids is 2. The standard InChI is InChI=1S/C12H14O3S/c1-4-15-12(14)11-6-5-10(16-11)9(13)7-8(2)3/h5-7H,4H2,1-3H3. The summed E-state index contributed by atoms with van der Waals surface area (Å²) < 4.78 is 4.85. The van der Waals surface area contributed by atoms with Crippen molar-refractivity contribution in [2.45, 2.75) is 20.8 Å². The number of allylic oxidation sites excluding steroid dienone is 2. The molecule has 0 atom stereocenters. The summed E-state index contributed by atoms with van der Waals surface area (Å²) in [6.07, 6.45) is 1.56. The number of esters is 1. The Morgan fingerprint density at radius 2 is 1.94 bits per heavy atom. The lowest BCUT2D eigenvalue weighted by Crippen LogP contribution is -2.01. The monoisotopic (exact) mass is 238 g/mol. The Kier molecular flexibility index (Phi) is 4.43. The Balaban J connectivity index is 2.83. The summed E-state index contributed by atoms with van der Waals surface area (Å²) in [7, 11) is 0. The van der Waals surface area contributed by atoms with E-state index in [9.17, 15) is 9.59 Å². The van der Waals surface area contributed by atoms with E-state index in [4.69, 9.17) is 4.74 Å². The molecule has 16 heavy (non-hydrogen) atoms. The van der Waals surface area contributed by atoms with Gasteiger partial charge < -0.3 is 4.74 Å². The first kappa shape index (κ1) is 12.6. The highest BCUT2D eigenvalue weighted by Crippen LogP contribution is 2.18. The van der Waals surface area contributed by atoms with Crippen LogP contribution in [-0.4, -0.2) is 18.4 Å². The molecular weight excluding hydrogens is 224 g/mol. The molecule has 0 aromatic carbocycles. The molecule has 0 aliphatic rings. The van der Waals surface area contributed by atoms with Gasteiger partial charge in [0.2, 0.25) is 0 Å². The van der Waals surface area contributed by atoms with Crippen molar-refractivity contribution in [3.8, 4) is 0 Å². The zero-order chi connectivity index (χ0) is 12.1. The fourth-order valence-electron chi connectivity index (χ4n) is 1.12. The van der Waals surface area contributed by atoms with Gasteiger partial charge in [-0.1, -0.05) is 5.57 Å². The molecule has 0 saturated heterocycles. The van der Waals surface area contributed by atoms with E-state index in [1.165, 1.54) is 0 Å². The molecular formula is C12H14O3S. The van der Waals surface area contributed by atoms with Crippen LogP contribution in [0.2, 0.25) is 0 Å². The number of ether oxygens (including phenoxy) is 1. The van der Waals surface area contributed by atoms with Gasteiger partial charge in [0.1, 0.15) is 4.88 Å². The van der Waals surface area contributed by atoms with Crippen molar-refractivity contribution >= 4 is 23.1 Å². The van der Waals surface area contributed by atoms with Gasteiger partial charge >= 0.3 is 5.97 Å². The maximum Gasteiger partial charge on any atom is 0.348 e. The topological polar surface area (TPSA) is 43.4 Å². The van der Waals surface area contributed by atoms with Gasteiger partial charge in [0, 0.05) is 0 Å². The van der Waals surface area contributed by atoms with Gasteiger partial charge in [0.05, 0.1) is 11.5 Å². The summed E-state index contributed by atoms with van der Waals surface area (Å²) in [6, 6.07) is 3.27. The first-order valence-electron chi connectivity index (χ1n) is 5.00. The number of thiophene rings is 1. The molecule has 0 fully saturated rings. The van der Waals surface area contributed by atoms with E-state index in [1.54, 1.807) is 25.1 Å². The third-order valence-corrected chi connectivity index (χ3v) is 2.83. The molecule has 1 aromatic rings. The first-order chi connectivity index (χ1) is 7.54. The second kappa shape index (κ2) is 5.61. The van der Waals surface area contributed by atoms with Crippen LogP contribution in [0, 0.1) is 0 Å². The quantitative estimate of drug-likeness (QED) is 0.460. The van der Waals surface area contributed by atoms with Gasteiger partial charge in [-0.05, 0) is 39.0 Å². The molecule has 0 radical (unpaired) electrons. The van der Waals surface area contributed by atoms with E-state index in [1.807, 2.05) is 13.8 Å². The molecule has 3 nitrogen and oxygen atoms in total. The Morgan fingerprint density at radius 3 is 2.50 bits per heavy atom. The fourth-order valence-corrected chi connectivity index (χ4v) is 1.93. The molecule has 1 aromatic heterocycles. The van der Waals surface area contributed by atoms with E-state index >= 15 is 0 Å². The van der Waals surface area contributed by atoms with Gasteiger partial charge in [0.15, 0.2) is 5.78 Å². The maximum atomic E-state index is 11.6. The molecule has 1 heterocycles. The molecule has 0 amide bonds. The lowest BCUT2D eigenvalue weighted by molar-refractivity contribution is 0.0532. The summed E-state index contributed by atoms with van der Waals surface area (Å²) in [4.78, 5) is 24.0. The van der Waals surface area contributed by atoms with Crippen LogP contribution in [-0.2, 0) is 4.74 Å². The SMILES string of the molecule is CCOC(=O)c1ccc(C(=O)C=C(C)C)s1. The van der Waals surface area contributed by atoms with Crippen LogP contribution in [0.3, 0.4) is 0 Å². The third-order valence-electron chi connectivity index (χ3n) is 1.75. The Morgan fingerprint density at radius 1 is 1.31 bits per heavy atom. The molecule has 0 unspecified atom stereocenters. The smallest absolute Gasteiger partial charge is 0.348 e. The Hall–Kier alpha value is -1.42. The van der Waals surface area contributed by atoms with Gasteiger partial charge in [-0.25, -0.2) is 4.79 Å². The van der Waals surface area contributed by atoms with Crippen LogP contribution >= 0.6 is 11.3 Å². The fraction of sp³-hybridized carbons (Fsp3) is 0.333. The summed E-state index contributed by atoms with van der Waals surface area (Å²) >= 11 is 1.16. The molecule has 0 saturated carbocycles. The Bertz CT molecular complexity index is 425. The summed E-state index contributed by atoms with van der Waals surface area (Å²) in [5.74, 6) is -0.440. The zero-order valence-electron chi connectivity index (χ0n) is 9.57. The van der Waals surface area contributed by atoms with Crippen molar-refractivity contribution in [2.75, 3.05) is 6.61 Å².